The normalized spacial score (nSPS) is 12.3. The van der Waals surface area contributed by atoms with Gasteiger partial charge < -0.3 is 9.73 Å². The maximum absolute atomic E-state index is 13.7. The van der Waals surface area contributed by atoms with Crippen molar-refractivity contribution >= 4 is 17.0 Å². The Morgan fingerprint density at radius 2 is 2.00 bits per heavy atom. The van der Waals surface area contributed by atoms with E-state index in [1.54, 1.807) is 31.2 Å². The lowest BCUT2D eigenvalue weighted by molar-refractivity contribution is -0.122. The third kappa shape index (κ3) is 3.05. The number of aromatic nitrogens is 1. The number of halogens is 2. The number of nitrogens with one attached hydrogen (secondary N) is 1. The van der Waals surface area contributed by atoms with E-state index in [0.717, 1.165) is 12.1 Å². The molecule has 124 valence electrons. The molecule has 1 atom stereocenters. The summed E-state index contributed by atoms with van der Waals surface area (Å²) in [4.78, 5) is 24.0. The number of carbonyl (C=O) groups is 1. The summed E-state index contributed by atoms with van der Waals surface area (Å²) in [6.45, 7) is 1.31. The second-order valence-electron chi connectivity index (χ2n) is 5.38. The molecule has 5 nitrogen and oxygen atoms in total. The van der Waals surface area contributed by atoms with Crippen LogP contribution in [0, 0.1) is 11.6 Å². The van der Waals surface area contributed by atoms with Gasteiger partial charge >= 0.3 is 5.76 Å². The quantitative estimate of drug-likeness (QED) is 0.799. The number of nitrogens with zero attached hydrogens (tertiary/aromatic N) is 1. The van der Waals surface area contributed by atoms with Crippen molar-refractivity contribution in [1.29, 1.82) is 0 Å². The van der Waals surface area contributed by atoms with Gasteiger partial charge in [-0.15, -0.1) is 0 Å². The Hall–Kier alpha value is -2.96. The Morgan fingerprint density at radius 3 is 2.75 bits per heavy atom. The molecule has 2 aromatic carbocycles. The summed E-state index contributed by atoms with van der Waals surface area (Å²) in [6, 6.07) is 9.21. The van der Waals surface area contributed by atoms with E-state index in [2.05, 4.69) is 5.32 Å². The second-order valence-corrected chi connectivity index (χ2v) is 5.38. The van der Waals surface area contributed by atoms with Crippen LogP contribution in [0.5, 0.6) is 0 Å². The van der Waals surface area contributed by atoms with Gasteiger partial charge in [-0.3, -0.25) is 9.36 Å². The minimum absolute atomic E-state index is 0.161. The van der Waals surface area contributed by atoms with E-state index < -0.39 is 29.3 Å². The van der Waals surface area contributed by atoms with Crippen molar-refractivity contribution in [2.75, 3.05) is 0 Å². The number of amides is 1. The Balaban J connectivity index is 1.77. The van der Waals surface area contributed by atoms with Gasteiger partial charge in [0.1, 0.15) is 18.2 Å². The SMILES string of the molecule is CC(NC(=O)Cn1c(=O)oc2ccccc21)c1ccc(F)cc1F. The molecule has 0 saturated carbocycles. The average Bonchev–Trinajstić information content (AvgIpc) is 2.83. The second kappa shape index (κ2) is 6.27. The summed E-state index contributed by atoms with van der Waals surface area (Å²) in [5, 5.41) is 2.58. The number of para-hydroxylation sites is 2. The summed E-state index contributed by atoms with van der Waals surface area (Å²) in [6.07, 6.45) is 0. The highest BCUT2D eigenvalue weighted by atomic mass is 19.1. The van der Waals surface area contributed by atoms with Gasteiger partial charge in [-0.05, 0) is 25.1 Å². The molecule has 1 heterocycles. The van der Waals surface area contributed by atoms with Crippen LogP contribution in [0.2, 0.25) is 0 Å². The molecule has 1 aromatic heterocycles. The first-order valence-electron chi connectivity index (χ1n) is 7.28. The summed E-state index contributed by atoms with van der Waals surface area (Å²) >= 11 is 0. The molecule has 3 rings (SSSR count). The third-order valence-electron chi connectivity index (χ3n) is 3.68. The van der Waals surface area contributed by atoms with E-state index in [0.29, 0.717) is 11.1 Å². The molecule has 0 aliphatic heterocycles. The maximum Gasteiger partial charge on any atom is 0.420 e. The highest BCUT2D eigenvalue weighted by Gasteiger charge is 2.17. The van der Waals surface area contributed by atoms with Crippen LogP contribution in [-0.4, -0.2) is 10.5 Å². The minimum Gasteiger partial charge on any atom is -0.408 e. The van der Waals surface area contributed by atoms with Crippen molar-refractivity contribution in [3.8, 4) is 0 Å². The highest BCUT2D eigenvalue weighted by Crippen LogP contribution is 2.18. The van der Waals surface area contributed by atoms with E-state index in [-0.39, 0.29) is 12.1 Å². The zero-order valence-electron chi connectivity index (χ0n) is 12.8. The van der Waals surface area contributed by atoms with E-state index in [1.165, 1.54) is 10.6 Å². The number of benzene rings is 2. The monoisotopic (exact) mass is 332 g/mol. The molecule has 7 heteroatoms. The van der Waals surface area contributed by atoms with Crippen LogP contribution < -0.4 is 11.1 Å². The first-order chi connectivity index (χ1) is 11.5. The largest absolute Gasteiger partial charge is 0.420 e. The smallest absolute Gasteiger partial charge is 0.408 e. The molecule has 0 spiro atoms. The fraction of sp³-hybridized carbons (Fsp3) is 0.176. The van der Waals surface area contributed by atoms with E-state index in [4.69, 9.17) is 4.42 Å². The van der Waals surface area contributed by atoms with Crippen LogP contribution in [0.3, 0.4) is 0 Å². The number of hydrogen-bond acceptors (Lipinski definition) is 3. The van der Waals surface area contributed by atoms with Crippen molar-refractivity contribution in [2.45, 2.75) is 19.5 Å². The van der Waals surface area contributed by atoms with Gasteiger partial charge in [-0.25, -0.2) is 13.6 Å². The fourth-order valence-corrected chi connectivity index (χ4v) is 2.52. The molecule has 1 N–H and O–H groups in total. The molecule has 0 fully saturated rings. The predicted molar refractivity (Wildman–Crippen MR) is 83.4 cm³/mol. The maximum atomic E-state index is 13.7. The fourth-order valence-electron chi connectivity index (χ4n) is 2.52. The van der Waals surface area contributed by atoms with Crippen molar-refractivity contribution in [2.24, 2.45) is 0 Å². The lowest BCUT2D eigenvalue weighted by Crippen LogP contribution is -2.33. The van der Waals surface area contributed by atoms with Crippen LogP contribution >= 0.6 is 0 Å². The Kier molecular flexibility index (Phi) is 4.16. The Labute approximate surface area is 135 Å². The molecular formula is C17H14F2N2O3. The summed E-state index contributed by atoms with van der Waals surface area (Å²) in [5.41, 5.74) is 1.04. The summed E-state index contributed by atoms with van der Waals surface area (Å²) in [5.74, 6) is -2.56. The van der Waals surface area contributed by atoms with Crippen LogP contribution in [0.15, 0.2) is 51.7 Å². The third-order valence-corrected chi connectivity index (χ3v) is 3.68. The van der Waals surface area contributed by atoms with E-state index >= 15 is 0 Å². The molecule has 3 aromatic rings. The number of fused-ring (bicyclic) bond motifs is 1. The van der Waals surface area contributed by atoms with Gasteiger partial charge in [0.05, 0.1) is 11.6 Å². The van der Waals surface area contributed by atoms with Gasteiger partial charge in [0.25, 0.3) is 0 Å². The molecule has 1 unspecified atom stereocenters. The van der Waals surface area contributed by atoms with Gasteiger partial charge in [0.15, 0.2) is 5.58 Å². The van der Waals surface area contributed by atoms with Crippen LogP contribution in [0.4, 0.5) is 8.78 Å². The number of oxazole rings is 1. The summed E-state index contributed by atoms with van der Waals surface area (Å²) < 4.78 is 32.9. The molecule has 0 saturated heterocycles. The Morgan fingerprint density at radius 1 is 1.25 bits per heavy atom. The van der Waals surface area contributed by atoms with E-state index in [1.807, 2.05) is 0 Å². The standard InChI is InChI=1S/C17H14F2N2O3/c1-10(12-7-6-11(18)8-13(12)19)20-16(22)9-21-14-4-2-3-5-15(14)24-17(21)23/h2-8,10H,9H2,1H3,(H,20,22). The lowest BCUT2D eigenvalue weighted by atomic mass is 10.1. The van der Waals surface area contributed by atoms with Crippen LogP contribution in [-0.2, 0) is 11.3 Å². The van der Waals surface area contributed by atoms with Crippen LogP contribution in [0.25, 0.3) is 11.1 Å². The van der Waals surface area contributed by atoms with Gasteiger partial charge in [-0.2, -0.15) is 0 Å². The predicted octanol–water partition coefficient (Wildman–Crippen LogP) is 2.75. The zero-order valence-corrected chi connectivity index (χ0v) is 12.8. The van der Waals surface area contributed by atoms with Crippen molar-refractivity contribution < 1.29 is 18.0 Å². The van der Waals surface area contributed by atoms with Crippen molar-refractivity contribution in [1.82, 2.24) is 9.88 Å². The van der Waals surface area contributed by atoms with Gasteiger partial charge in [0, 0.05) is 11.6 Å². The van der Waals surface area contributed by atoms with Crippen molar-refractivity contribution in [3.63, 3.8) is 0 Å². The van der Waals surface area contributed by atoms with Crippen LogP contribution in [0.1, 0.15) is 18.5 Å². The topological polar surface area (TPSA) is 64.2 Å². The van der Waals surface area contributed by atoms with Gasteiger partial charge in [-0.1, -0.05) is 18.2 Å². The lowest BCUT2D eigenvalue weighted by Gasteiger charge is -2.15. The number of carbonyl (C=O) groups excluding carboxylic acids is 1. The molecule has 1 amide bonds. The number of rotatable bonds is 4. The molecule has 24 heavy (non-hydrogen) atoms. The molecule has 0 radical (unpaired) electrons. The summed E-state index contributed by atoms with van der Waals surface area (Å²) in [7, 11) is 0. The molecular weight excluding hydrogens is 318 g/mol. The highest BCUT2D eigenvalue weighted by molar-refractivity contribution is 5.79. The first-order valence-corrected chi connectivity index (χ1v) is 7.28. The number of hydrogen-bond donors (Lipinski definition) is 1. The molecule has 0 bridgehead atoms. The minimum atomic E-state index is -0.742. The first kappa shape index (κ1) is 15.9. The molecule has 0 aliphatic rings. The zero-order chi connectivity index (χ0) is 17.3. The molecule has 0 aliphatic carbocycles. The average molecular weight is 332 g/mol. The van der Waals surface area contributed by atoms with Gasteiger partial charge in [0.2, 0.25) is 5.91 Å². The van der Waals surface area contributed by atoms with Crippen molar-refractivity contribution in [3.05, 3.63) is 70.2 Å². The Bertz CT molecular complexity index is 962. The van der Waals surface area contributed by atoms with E-state index in [9.17, 15) is 18.4 Å².